The fourth-order valence-electron chi connectivity index (χ4n) is 2.18. The molecule has 0 radical (unpaired) electrons. The van der Waals surface area contributed by atoms with E-state index >= 15 is 0 Å². The van der Waals surface area contributed by atoms with Gasteiger partial charge in [-0.2, -0.15) is 0 Å². The monoisotopic (exact) mass is 210 g/mol. The lowest BCUT2D eigenvalue weighted by molar-refractivity contribution is 0.447. The third kappa shape index (κ3) is 2.34. The van der Waals surface area contributed by atoms with Gasteiger partial charge in [-0.25, -0.2) is 4.98 Å². The predicted octanol–water partition coefficient (Wildman–Crippen LogP) is 2.98. The average molecular weight is 210 g/mol. The number of hydrogen-bond donors (Lipinski definition) is 1. The van der Waals surface area contributed by atoms with E-state index < -0.39 is 0 Å². The molecule has 1 N–H and O–H groups in total. The van der Waals surface area contributed by atoms with Crippen LogP contribution in [0.3, 0.4) is 0 Å². The molecule has 14 heavy (non-hydrogen) atoms. The Morgan fingerprint density at radius 1 is 1.57 bits per heavy atom. The van der Waals surface area contributed by atoms with Crippen LogP contribution in [0, 0.1) is 5.92 Å². The minimum absolute atomic E-state index is 0.527. The van der Waals surface area contributed by atoms with Crippen molar-refractivity contribution in [3.63, 3.8) is 0 Å². The number of aromatic nitrogens is 1. The summed E-state index contributed by atoms with van der Waals surface area (Å²) in [6.45, 7) is 4.58. The van der Waals surface area contributed by atoms with Gasteiger partial charge in [-0.3, -0.25) is 0 Å². The summed E-state index contributed by atoms with van der Waals surface area (Å²) in [6, 6.07) is 1.24. The molecule has 0 bridgehead atoms. The lowest BCUT2D eigenvalue weighted by atomic mass is 10.0. The number of hydrogen-bond acceptors (Lipinski definition) is 3. The van der Waals surface area contributed by atoms with Gasteiger partial charge in [0, 0.05) is 17.6 Å². The molecule has 2 atom stereocenters. The molecule has 2 nitrogen and oxygen atoms in total. The maximum Gasteiger partial charge on any atom is 0.109 e. The van der Waals surface area contributed by atoms with E-state index in [-0.39, 0.29) is 0 Å². The van der Waals surface area contributed by atoms with E-state index in [1.807, 2.05) is 6.20 Å². The Morgan fingerprint density at radius 2 is 2.43 bits per heavy atom. The van der Waals surface area contributed by atoms with Crippen molar-refractivity contribution in [1.82, 2.24) is 10.3 Å². The summed E-state index contributed by atoms with van der Waals surface area (Å²) in [4.78, 5) is 4.37. The van der Waals surface area contributed by atoms with Gasteiger partial charge < -0.3 is 5.32 Å². The predicted molar refractivity (Wildman–Crippen MR) is 60.5 cm³/mol. The Bertz CT molecular complexity index is 269. The van der Waals surface area contributed by atoms with Crippen LogP contribution in [0.25, 0.3) is 0 Å². The van der Waals surface area contributed by atoms with Crippen LogP contribution in [0.4, 0.5) is 0 Å². The van der Waals surface area contributed by atoms with Gasteiger partial charge in [-0.05, 0) is 25.2 Å². The summed E-state index contributed by atoms with van der Waals surface area (Å²) < 4.78 is 0. The van der Waals surface area contributed by atoms with Gasteiger partial charge in [0.1, 0.15) is 5.01 Å². The van der Waals surface area contributed by atoms with Gasteiger partial charge in [0.25, 0.3) is 0 Å². The third-order valence-electron chi connectivity index (χ3n) is 2.75. The van der Waals surface area contributed by atoms with Gasteiger partial charge >= 0.3 is 0 Å². The molecule has 2 unspecified atom stereocenters. The summed E-state index contributed by atoms with van der Waals surface area (Å²) in [5.74, 6) is 0.794. The second kappa shape index (κ2) is 4.41. The molecule has 0 saturated carbocycles. The molecule has 78 valence electrons. The molecule has 3 heteroatoms. The Balaban J connectivity index is 1.89. The van der Waals surface area contributed by atoms with Crippen LogP contribution in [0.5, 0.6) is 0 Å². The molecule has 1 aliphatic rings. The fourth-order valence-corrected chi connectivity index (χ4v) is 2.91. The smallest absolute Gasteiger partial charge is 0.109 e. The van der Waals surface area contributed by atoms with Crippen molar-refractivity contribution in [2.24, 2.45) is 5.92 Å². The Hall–Kier alpha value is -0.410. The van der Waals surface area contributed by atoms with E-state index in [2.05, 4.69) is 29.5 Å². The van der Waals surface area contributed by atoms with Crippen LogP contribution in [-0.4, -0.2) is 11.0 Å². The average Bonchev–Trinajstić information content (AvgIpc) is 2.69. The number of nitrogens with zero attached hydrogens (tertiary/aromatic N) is 1. The van der Waals surface area contributed by atoms with Crippen LogP contribution in [0.1, 0.15) is 44.2 Å². The minimum Gasteiger partial charge on any atom is -0.305 e. The highest BCUT2D eigenvalue weighted by molar-refractivity contribution is 7.09. The van der Waals surface area contributed by atoms with Crippen LogP contribution in [0.15, 0.2) is 11.6 Å². The van der Waals surface area contributed by atoms with E-state index in [1.54, 1.807) is 11.3 Å². The van der Waals surface area contributed by atoms with Crippen molar-refractivity contribution in [3.8, 4) is 0 Å². The summed E-state index contributed by atoms with van der Waals surface area (Å²) in [7, 11) is 0. The van der Waals surface area contributed by atoms with Crippen molar-refractivity contribution in [1.29, 1.82) is 0 Å². The molecule has 0 aliphatic carbocycles. The zero-order valence-electron chi connectivity index (χ0n) is 8.86. The first kappa shape index (κ1) is 10.1. The lowest BCUT2D eigenvalue weighted by Gasteiger charge is -2.14. The first-order valence-corrected chi connectivity index (χ1v) is 6.29. The highest BCUT2D eigenvalue weighted by Crippen LogP contribution is 2.29. The molecular weight excluding hydrogens is 192 g/mol. The molecule has 0 aromatic carbocycles. The summed E-state index contributed by atoms with van der Waals surface area (Å²) >= 11 is 1.77. The topological polar surface area (TPSA) is 24.9 Å². The van der Waals surface area contributed by atoms with Crippen molar-refractivity contribution >= 4 is 11.3 Å². The van der Waals surface area contributed by atoms with Gasteiger partial charge in [-0.1, -0.05) is 13.8 Å². The molecule has 1 saturated heterocycles. The number of thiazole rings is 1. The summed E-state index contributed by atoms with van der Waals surface area (Å²) in [6.07, 6.45) is 5.76. The van der Waals surface area contributed by atoms with E-state index in [0.717, 1.165) is 5.92 Å². The second-order valence-electron chi connectivity index (χ2n) is 4.49. The molecule has 1 aromatic heterocycles. The highest BCUT2D eigenvalue weighted by atomic mass is 32.1. The van der Waals surface area contributed by atoms with Crippen LogP contribution in [0.2, 0.25) is 0 Å². The minimum atomic E-state index is 0.527. The molecule has 1 aliphatic heterocycles. The van der Waals surface area contributed by atoms with E-state index in [1.165, 1.54) is 24.3 Å². The third-order valence-corrected chi connectivity index (χ3v) is 3.64. The van der Waals surface area contributed by atoms with Crippen LogP contribution >= 0.6 is 11.3 Å². The zero-order chi connectivity index (χ0) is 9.97. The van der Waals surface area contributed by atoms with Crippen LogP contribution in [-0.2, 0) is 0 Å². The largest absolute Gasteiger partial charge is 0.305 e. The molecule has 0 spiro atoms. The Labute approximate surface area is 89.8 Å². The van der Waals surface area contributed by atoms with Gasteiger partial charge in [-0.15, -0.1) is 11.3 Å². The zero-order valence-corrected chi connectivity index (χ0v) is 9.68. The summed E-state index contributed by atoms with van der Waals surface area (Å²) in [5, 5.41) is 7.00. The summed E-state index contributed by atoms with van der Waals surface area (Å²) in [5.41, 5.74) is 0. The standard InChI is InChI=1S/C11H18N2S/c1-8(2)7-9-3-4-10(13-9)11-12-5-6-14-11/h5-6,8-10,13H,3-4,7H2,1-2H3. The van der Waals surface area contributed by atoms with Crippen LogP contribution < -0.4 is 5.32 Å². The first-order valence-electron chi connectivity index (χ1n) is 5.41. The molecule has 1 fully saturated rings. The Kier molecular flexibility index (Phi) is 3.19. The van der Waals surface area contributed by atoms with Gasteiger partial charge in [0.05, 0.1) is 6.04 Å². The quantitative estimate of drug-likeness (QED) is 0.829. The lowest BCUT2D eigenvalue weighted by Crippen LogP contribution is -2.25. The van der Waals surface area contributed by atoms with Gasteiger partial charge in [0.2, 0.25) is 0 Å². The Morgan fingerprint density at radius 3 is 3.07 bits per heavy atom. The van der Waals surface area contributed by atoms with Crippen molar-refractivity contribution in [2.75, 3.05) is 0 Å². The van der Waals surface area contributed by atoms with E-state index in [9.17, 15) is 0 Å². The maximum atomic E-state index is 4.37. The first-order chi connectivity index (χ1) is 6.75. The molecule has 1 aromatic rings. The maximum absolute atomic E-state index is 4.37. The molecule has 2 rings (SSSR count). The normalized spacial score (nSPS) is 27.4. The van der Waals surface area contributed by atoms with Crippen molar-refractivity contribution in [3.05, 3.63) is 16.6 Å². The number of nitrogens with one attached hydrogen (secondary N) is 1. The van der Waals surface area contributed by atoms with Crippen molar-refractivity contribution < 1.29 is 0 Å². The fraction of sp³-hybridized carbons (Fsp3) is 0.727. The molecule has 2 heterocycles. The van der Waals surface area contributed by atoms with E-state index in [4.69, 9.17) is 0 Å². The van der Waals surface area contributed by atoms with Crippen molar-refractivity contribution in [2.45, 2.75) is 45.2 Å². The molecule has 0 amide bonds. The SMILES string of the molecule is CC(C)CC1CCC(c2nccs2)N1. The molecular formula is C11H18N2S. The number of rotatable bonds is 3. The van der Waals surface area contributed by atoms with Gasteiger partial charge in [0.15, 0.2) is 0 Å². The second-order valence-corrected chi connectivity index (χ2v) is 5.42. The highest BCUT2D eigenvalue weighted by Gasteiger charge is 2.26. The van der Waals surface area contributed by atoms with E-state index in [0.29, 0.717) is 12.1 Å².